The highest BCUT2D eigenvalue weighted by atomic mass is 35.5. The Bertz CT molecular complexity index is 716. The maximum absolute atomic E-state index is 11.7. The molecule has 0 spiro atoms. The normalized spacial score (nSPS) is 10.4. The Morgan fingerprint density at radius 1 is 1.25 bits per heavy atom. The van der Waals surface area contributed by atoms with Crippen molar-refractivity contribution in [1.29, 1.82) is 0 Å². The van der Waals surface area contributed by atoms with E-state index in [0.717, 1.165) is 21.1 Å². The number of halogens is 1. The van der Waals surface area contributed by atoms with Crippen molar-refractivity contribution < 1.29 is 14.7 Å². The monoisotopic (exact) mass is 367 g/mol. The minimum Gasteiger partial charge on any atom is -0.481 e. The van der Waals surface area contributed by atoms with Crippen LogP contribution in [0, 0.1) is 6.92 Å². The second kappa shape index (κ2) is 8.65. The molecule has 24 heavy (non-hydrogen) atoms. The molecule has 2 aromatic rings. The molecule has 0 aliphatic rings. The zero-order valence-corrected chi connectivity index (χ0v) is 14.7. The predicted octanol–water partition coefficient (Wildman–Crippen LogP) is 3.44. The molecular weight excluding hydrogens is 350 g/mol. The molecule has 0 saturated carbocycles. The summed E-state index contributed by atoms with van der Waals surface area (Å²) in [5.41, 5.74) is 1.87. The Kier molecular flexibility index (Phi) is 6.57. The molecule has 0 aliphatic heterocycles. The standard InChI is InChI=1S/C16H18ClN3O3S/c1-10-15(11-4-6-12(17)7-5-11)20-13(24-10)9-19-16(23)18-8-2-3-14(21)22/h4-7H,2-3,8-9H2,1H3,(H,21,22)(H2,18,19,23). The van der Waals surface area contributed by atoms with Gasteiger partial charge in [0.05, 0.1) is 12.2 Å². The number of amides is 2. The molecule has 128 valence electrons. The third-order valence-electron chi connectivity index (χ3n) is 3.21. The number of aryl methyl sites for hydroxylation is 1. The summed E-state index contributed by atoms with van der Waals surface area (Å²) in [6.45, 7) is 2.63. The minimum absolute atomic E-state index is 0.0381. The smallest absolute Gasteiger partial charge is 0.315 e. The lowest BCUT2D eigenvalue weighted by atomic mass is 10.1. The molecule has 0 fully saturated rings. The molecule has 2 rings (SSSR count). The molecule has 8 heteroatoms. The molecule has 0 bridgehead atoms. The van der Waals surface area contributed by atoms with E-state index < -0.39 is 5.97 Å². The number of urea groups is 1. The van der Waals surface area contributed by atoms with Gasteiger partial charge in [-0.25, -0.2) is 9.78 Å². The fraction of sp³-hybridized carbons (Fsp3) is 0.312. The largest absolute Gasteiger partial charge is 0.481 e. The number of nitrogens with zero attached hydrogens (tertiary/aromatic N) is 1. The lowest BCUT2D eigenvalue weighted by Crippen LogP contribution is -2.35. The first-order valence-electron chi connectivity index (χ1n) is 7.41. The van der Waals surface area contributed by atoms with Crippen molar-refractivity contribution in [1.82, 2.24) is 15.6 Å². The first kappa shape index (κ1) is 18.2. The minimum atomic E-state index is -0.870. The van der Waals surface area contributed by atoms with E-state index in [4.69, 9.17) is 16.7 Å². The van der Waals surface area contributed by atoms with Gasteiger partial charge in [0, 0.05) is 28.4 Å². The average molecular weight is 368 g/mol. The number of hydrogen-bond donors (Lipinski definition) is 3. The van der Waals surface area contributed by atoms with Gasteiger partial charge in [0.2, 0.25) is 0 Å². The fourth-order valence-electron chi connectivity index (χ4n) is 2.06. The third-order valence-corrected chi connectivity index (χ3v) is 4.43. The molecule has 0 aliphatic carbocycles. The van der Waals surface area contributed by atoms with Gasteiger partial charge < -0.3 is 15.7 Å². The molecule has 0 atom stereocenters. The number of carbonyl (C=O) groups is 2. The number of carbonyl (C=O) groups excluding carboxylic acids is 1. The number of nitrogens with one attached hydrogen (secondary N) is 2. The van der Waals surface area contributed by atoms with Crippen LogP contribution in [0.3, 0.4) is 0 Å². The molecule has 3 N–H and O–H groups in total. The van der Waals surface area contributed by atoms with E-state index in [1.165, 1.54) is 11.3 Å². The molecule has 1 heterocycles. The molecule has 0 unspecified atom stereocenters. The van der Waals surface area contributed by atoms with E-state index in [2.05, 4.69) is 15.6 Å². The van der Waals surface area contributed by atoms with Crippen LogP contribution in [-0.2, 0) is 11.3 Å². The number of aliphatic carboxylic acids is 1. The Morgan fingerprint density at radius 3 is 2.62 bits per heavy atom. The number of rotatable bonds is 7. The summed E-state index contributed by atoms with van der Waals surface area (Å²) in [5.74, 6) is -0.870. The Hall–Kier alpha value is -2.12. The summed E-state index contributed by atoms with van der Waals surface area (Å²) in [5, 5.41) is 15.3. The summed E-state index contributed by atoms with van der Waals surface area (Å²) in [6.07, 6.45) is 0.441. The van der Waals surface area contributed by atoms with Crippen LogP contribution in [0.15, 0.2) is 24.3 Å². The van der Waals surface area contributed by atoms with Crippen molar-refractivity contribution in [2.75, 3.05) is 6.54 Å². The quantitative estimate of drug-likeness (QED) is 0.654. The third kappa shape index (κ3) is 5.50. The average Bonchev–Trinajstić information content (AvgIpc) is 2.91. The number of hydrogen-bond acceptors (Lipinski definition) is 4. The first-order chi connectivity index (χ1) is 11.5. The van der Waals surface area contributed by atoms with Gasteiger partial charge in [0.25, 0.3) is 0 Å². The highest BCUT2D eigenvalue weighted by molar-refractivity contribution is 7.12. The van der Waals surface area contributed by atoms with Gasteiger partial charge in [0.15, 0.2) is 0 Å². The van der Waals surface area contributed by atoms with Crippen LogP contribution in [0.4, 0.5) is 4.79 Å². The summed E-state index contributed by atoms with van der Waals surface area (Å²) < 4.78 is 0. The van der Waals surface area contributed by atoms with Gasteiger partial charge in [-0.15, -0.1) is 11.3 Å². The van der Waals surface area contributed by atoms with Crippen molar-refractivity contribution in [3.8, 4) is 11.3 Å². The molecular formula is C16H18ClN3O3S. The number of benzene rings is 1. The summed E-state index contributed by atoms with van der Waals surface area (Å²) in [4.78, 5) is 27.7. The number of carboxylic acid groups (broad SMARTS) is 1. The van der Waals surface area contributed by atoms with Crippen LogP contribution in [0.5, 0.6) is 0 Å². The van der Waals surface area contributed by atoms with Crippen LogP contribution < -0.4 is 10.6 Å². The molecule has 6 nitrogen and oxygen atoms in total. The van der Waals surface area contributed by atoms with Gasteiger partial charge in [-0.05, 0) is 25.5 Å². The molecule has 0 saturated heterocycles. The van der Waals surface area contributed by atoms with Crippen molar-refractivity contribution in [2.45, 2.75) is 26.3 Å². The zero-order chi connectivity index (χ0) is 17.5. The van der Waals surface area contributed by atoms with E-state index in [1.54, 1.807) is 0 Å². The number of aromatic nitrogens is 1. The SMILES string of the molecule is Cc1sc(CNC(=O)NCCCC(=O)O)nc1-c1ccc(Cl)cc1. The highest BCUT2D eigenvalue weighted by Gasteiger charge is 2.10. The van der Waals surface area contributed by atoms with Gasteiger partial charge >= 0.3 is 12.0 Å². The molecule has 0 radical (unpaired) electrons. The van der Waals surface area contributed by atoms with E-state index in [0.29, 0.717) is 24.5 Å². The lowest BCUT2D eigenvalue weighted by Gasteiger charge is -2.05. The van der Waals surface area contributed by atoms with Crippen LogP contribution in [0.2, 0.25) is 5.02 Å². The van der Waals surface area contributed by atoms with Crippen LogP contribution in [0.1, 0.15) is 22.7 Å². The van der Waals surface area contributed by atoms with E-state index >= 15 is 0 Å². The Labute approximate surface area is 148 Å². The van der Waals surface area contributed by atoms with Gasteiger partial charge in [-0.1, -0.05) is 23.7 Å². The highest BCUT2D eigenvalue weighted by Crippen LogP contribution is 2.28. The zero-order valence-electron chi connectivity index (χ0n) is 13.1. The fourth-order valence-corrected chi connectivity index (χ4v) is 3.08. The van der Waals surface area contributed by atoms with E-state index in [9.17, 15) is 9.59 Å². The first-order valence-corrected chi connectivity index (χ1v) is 8.61. The van der Waals surface area contributed by atoms with Gasteiger partial charge in [-0.3, -0.25) is 4.79 Å². The van der Waals surface area contributed by atoms with Gasteiger partial charge in [-0.2, -0.15) is 0 Å². The topological polar surface area (TPSA) is 91.3 Å². The molecule has 1 aromatic carbocycles. The summed E-state index contributed by atoms with van der Waals surface area (Å²) >= 11 is 7.42. The second-order valence-electron chi connectivity index (χ2n) is 5.13. The maximum Gasteiger partial charge on any atom is 0.315 e. The van der Waals surface area contributed by atoms with Gasteiger partial charge in [0.1, 0.15) is 5.01 Å². The van der Waals surface area contributed by atoms with Crippen molar-refractivity contribution >= 4 is 34.9 Å². The second-order valence-corrected chi connectivity index (χ2v) is 6.85. The van der Waals surface area contributed by atoms with Crippen molar-refractivity contribution in [3.63, 3.8) is 0 Å². The Morgan fingerprint density at radius 2 is 1.96 bits per heavy atom. The van der Waals surface area contributed by atoms with E-state index in [-0.39, 0.29) is 12.5 Å². The van der Waals surface area contributed by atoms with Crippen LogP contribution in [-0.4, -0.2) is 28.6 Å². The molecule has 2 amide bonds. The maximum atomic E-state index is 11.7. The van der Waals surface area contributed by atoms with Crippen molar-refractivity contribution in [2.24, 2.45) is 0 Å². The van der Waals surface area contributed by atoms with Crippen LogP contribution >= 0.6 is 22.9 Å². The predicted molar refractivity (Wildman–Crippen MR) is 94.4 cm³/mol. The van der Waals surface area contributed by atoms with Crippen molar-refractivity contribution in [3.05, 3.63) is 39.2 Å². The Balaban J connectivity index is 1.85. The van der Waals surface area contributed by atoms with Crippen LogP contribution in [0.25, 0.3) is 11.3 Å². The lowest BCUT2D eigenvalue weighted by molar-refractivity contribution is -0.137. The number of thiazole rings is 1. The summed E-state index contributed by atoms with van der Waals surface area (Å²) in [6, 6.07) is 7.13. The van der Waals surface area contributed by atoms with E-state index in [1.807, 2.05) is 31.2 Å². The number of carboxylic acids is 1. The summed E-state index contributed by atoms with van der Waals surface area (Å²) in [7, 11) is 0. The molecule has 1 aromatic heterocycles.